The van der Waals surface area contributed by atoms with Crippen molar-refractivity contribution in [3.05, 3.63) is 71.8 Å². The highest BCUT2D eigenvalue weighted by Gasteiger charge is 2.17. The molecule has 1 amide bonds. The molecule has 0 bridgehead atoms. The Labute approximate surface area is 151 Å². The Morgan fingerprint density at radius 2 is 1.85 bits per heavy atom. The highest BCUT2D eigenvalue weighted by atomic mass is 16.5. The molecular weight excluding hydrogens is 330 g/mol. The van der Waals surface area contributed by atoms with Gasteiger partial charge in [-0.05, 0) is 46.5 Å². The fraction of sp³-hybridized carbons (Fsp3) is 0.190. The van der Waals surface area contributed by atoms with Crippen LogP contribution >= 0.6 is 0 Å². The minimum atomic E-state index is -1.21. The molecule has 0 aliphatic heterocycles. The molecule has 0 aromatic heterocycles. The number of amides is 1. The van der Waals surface area contributed by atoms with E-state index in [1.807, 2.05) is 36.4 Å². The van der Waals surface area contributed by atoms with E-state index in [1.165, 1.54) is 7.11 Å². The van der Waals surface area contributed by atoms with E-state index in [2.05, 4.69) is 5.32 Å². The van der Waals surface area contributed by atoms with Crippen LogP contribution in [0, 0.1) is 0 Å². The number of aromatic hydroxyl groups is 1. The maximum absolute atomic E-state index is 12.2. The number of phenolic OH excluding ortho intramolecular Hbond substituents is 1. The van der Waals surface area contributed by atoms with Gasteiger partial charge < -0.3 is 20.3 Å². The first kappa shape index (κ1) is 17.8. The van der Waals surface area contributed by atoms with E-state index in [0.29, 0.717) is 24.3 Å². The van der Waals surface area contributed by atoms with Crippen molar-refractivity contribution in [2.24, 2.45) is 0 Å². The summed E-state index contributed by atoms with van der Waals surface area (Å²) in [6, 6.07) is 18.3. The van der Waals surface area contributed by atoms with Gasteiger partial charge in [-0.1, -0.05) is 42.5 Å². The lowest BCUT2D eigenvalue weighted by atomic mass is 10.0. The van der Waals surface area contributed by atoms with Gasteiger partial charge in [-0.15, -0.1) is 0 Å². The fourth-order valence-electron chi connectivity index (χ4n) is 2.83. The Morgan fingerprint density at radius 3 is 2.62 bits per heavy atom. The van der Waals surface area contributed by atoms with Crippen molar-refractivity contribution in [3.8, 4) is 11.5 Å². The number of carbonyl (C=O) groups is 1. The van der Waals surface area contributed by atoms with E-state index < -0.39 is 12.0 Å². The van der Waals surface area contributed by atoms with E-state index in [1.54, 1.807) is 24.3 Å². The van der Waals surface area contributed by atoms with Gasteiger partial charge in [0.1, 0.15) is 0 Å². The van der Waals surface area contributed by atoms with Gasteiger partial charge in [0.25, 0.3) is 5.91 Å². The highest BCUT2D eigenvalue weighted by molar-refractivity contribution is 5.86. The summed E-state index contributed by atoms with van der Waals surface area (Å²) in [5.41, 5.74) is 1.48. The van der Waals surface area contributed by atoms with Crippen molar-refractivity contribution in [2.45, 2.75) is 12.5 Å². The first-order chi connectivity index (χ1) is 12.6. The molecule has 5 nitrogen and oxygen atoms in total. The Bertz CT molecular complexity index is 923. The number of aliphatic hydroxyl groups excluding tert-OH is 1. The van der Waals surface area contributed by atoms with Gasteiger partial charge in [-0.2, -0.15) is 0 Å². The van der Waals surface area contributed by atoms with Gasteiger partial charge in [0, 0.05) is 6.54 Å². The number of phenols is 1. The standard InChI is InChI=1S/C21H21NO4/c1-26-19-12-14(6-9-18(19)23)10-11-22-21(25)20(24)17-8-7-15-4-2-3-5-16(15)13-17/h2-9,12-13,20,23-24H,10-11H2,1H3,(H,22,25). The summed E-state index contributed by atoms with van der Waals surface area (Å²) in [6.45, 7) is 0.372. The molecule has 0 heterocycles. The number of carbonyl (C=O) groups excluding carboxylic acids is 1. The van der Waals surface area contributed by atoms with Crippen LogP contribution in [0.15, 0.2) is 60.7 Å². The number of hydrogen-bond donors (Lipinski definition) is 3. The topological polar surface area (TPSA) is 78.8 Å². The molecule has 0 fully saturated rings. The summed E-state index contributed by atoms with van der Waals surface area (Å²) in [7, 11) is 1.49. The number of ether oxygens (including phenoxy) is 1. The molecule has 0 saturated carbocycles. The molecule has 0 aliphatic carbocycles. The monoisotopic (exact) mass is 351 g/mol. The van der Waals surface area contributed by atoms with Crippen LogP contribution in [0.2, 0.25) is 0 Å². The number of methoxy groups -OCH3 is 1. The largest absolute Gasteiger partial charge is 0.504 e. The van der Waals surface area contributed by atoms with Crippen molar-refractivity contribution in [3.63, 3.8) is 0 Å². The van der Waals surface area contributed by atoms with Gasteiger partial charge in [0.2, 0.25) is 0 Å². The van der Waals surface area contributed by atoms with Crippen molar-refractivity contribution in [1.82, 2.24) is 5.32 Å². The third-order valence-corrected chi connectivity index (χ3v) is 4.29. The molecule has 0 aliphatic rings. The first-order valence-electron chi connectivity index (χ1n) is 8.39. The quantitative estimate of drug-likeness (QED) is 0.638. The van der Waals surface area contributed by atoms with Gasteiger partial charge in [0.15, 0.2) is 17.6 Å². The maximum Gasteiger partial charge on any atom is 0.253 e. The normalized spacial score (nSPS) is 11.9. The second-order valence-electron chi connectivity index (χ2n) is 6.06. The molecule has 0 saturated heterocycles. The van der Waals surface area contributed by atoms with E-state index in [-0.39, 0.29) is 5.75 Å². The molecule has 1 unspecified atom stereocenters. The summed E-state index contributed by atoms with van der Waals surface area (Å²) in [5, 5.41) is 24.7. The molecule has 26 heavy (non-hydrogen) atoms. The Kier molecular flexibility index (Phi) is 5.39. The lowest BCUT2D eigenvalue weighted by molar-refractivity contribution is -0.129. The summed E-state index contributed by atoms with van der Waals surface area (Å²) in [5.74, 6) is 0.0306. The van der Waals surface area contributed by atoms with Gasteiger partial charge in [-0.3, -0.25) is 4.79 Å². The zero-order chi connectivity index (χ0) is 18.5. The molecule has 3 aromatic rings. The third-order valence-electron chi connectivity index (χ3n) is 4.29. The SMILES string of the molecule is COc1cc(CCNC(=O)C(O)c2ccc3ccccc3c2)ccc1O. The van der Waals surface area contributed by atoms with Crippen LogP contribution in [-0.4, -0.2) is 29.8 Å². The smallest absolute Gasteiger partial charge is 0.253 e. The minimum Gasteiger partial charge on any atom is -0.504 e. The van der Waals surface area contributed by atoms with Crippen molar-refractivity contribution in [2.75, 3.05) is 13.7 Å². The van der Waals surface area contributed by atoms with Crippen molar-refractivity contribution in [1.29, 1.82) is 0 Å². The summed E-state index contributed by atoms with van der Waals surface area (Å²) in [6.07, 6.45) is -0.652. The molecule has 5 heteroatoms. The molecule has 0 radical (unpaired) electrons. The molecule has 0 spiro atoms. The number of nitrogens with one attached hydrogen (secondary N) is 1. The number of benzene rings is 3. The van der Waals surface area contributed by atoms with E-state index in [0.717, 1.165) is 16.3 Å². The predicted octanol–water partition coefficient (Wildman–Crippen LogP) is 2.95. The van der Waals surface area contributed by atoms with E-state index >= 15 is 0 Å². The Balaban J connectivity index is 1.60. The summed E-state index contributed by atoms with van der Waals surface area (Å²) < 4.78 is 5.07. The zero-order valence-corrected chi connectivity index (χ0v) is 14.5. The molecule has 3 aromatic carbocycles. The average molecular weight is 351 g/mol. The van der Waals surface area contributed by atoms with Crippen LogP contribution < -0.4 is 10.1 Å². The maximum atomic E-state index is 12.2. The lowest BCUT2D eigenvalue weighted by Crippen LogP contribution is -2.30. The van der Waals surface area contributed by atoms with Crippen LogP contribution in [0.3, 0.4) is 0 Å². The van der Waals surface area contributed by atoms with Crippen LogP contribution in [0.25, 0.3) is 10.8 Å². The number of fused-ring (bicyclic) bond motifs is 1. The molecule has 1 atom stereocenters. The molecular formula is C21H21NO4. The van der Waals surface area contributed by atoms with Gasteiger partial charge in [0.05, 0.1) is 7.11 Å². The van der Waals surface area contributed by atoms with Gasteiger partial charge in [-0.25, -0.2) is 0 Å². The van der Waals surface area contributed by atoms with Crippen LogP contribution in [0.5, 0.6) is 11.5 Å². The average Bonchev–Trinajstić information content (AvgIpc) is 2.68. The Morgan fingerprint density at radius 1 is 1.08 bits per heavy atom. The van der Waals surface area contributed by atoms with E-state index in [9.17, 15) is 15.0 Å². The fourth-order valence-corrected chi connectivity index (χ4v) is 2.83. The number of rotatable bonds is 6. The van der Waals surface area contributed by atoms with Crippen molar-refractivity contribution < 1.29 is 19.7 Å². The molecule has 3 N–H and O–H groups in total. The van der Waals surface area contributed by atoms with Crippen molar-refractivity contribution >= 4 is 16.7 Å². The highest BCUT2D eigenvalue weighted by Crippen LogP contribution is 2.26. The summed E-state index contributed by atoms with van der Waals surface area (Å²) >= 11 is 0. The van der Waals surface area contributed by atoms with Gasteiger partial charge >= 0.3 is 0 Å². The third kappa shape index (κ3) is 3.95. The summed E-state index contributed by atoms with van der Waals surface area (Å²) in [4.78, 5) is 12.2. The Hall–Kier alpha value is -3.05. The molecule has 3 rings (SSSR count). The first-order valence-corrected chi connectivity index (χ1v) is 8.39. The number of hydrogen-bond acceptors (Lipinski definition) is 4. The minimum absolute atomic E-state index is 0.0759. The second kappa shape index (κ2) is 7.89. The van der Waals surface area contributed by atoms with Crippen LogP contribution in [0.1, 0.15) is 17.2 Å². The van der Waals surface area contributed by atoms with E-state index in [4.69, 9.17) is 4.74 Å². The molecule has 134 valence electrons. The lowest BCUT2D eigenvalue weighted by Gasteiger charge is -2.13. The van der Waals surface area contributed by atoms with Crippen LogP contribution in [0.4, 0.5) is 0 Å². The second-order valence-corrected chi connectivity index (χ2v) is 6.06. The predicted molar refractivity (Wildman–Crippen MR) is 100 cm³/mol. The number of aliphatic hydroxyl groups is 1. The van der Waals surface area contributed by atoms with Crippen LogP contribution in [-0.2, 0) is 11.2 Å². The zero-order valence-electron chi connectivity index (χ0n) is 14.5.